The van der Waals surface area contributed by atoms with E-state index in [0.717, 1.165) is 37.6 Å². The van der Waals surface area contributed by atoms with Crippen molar-refractivity contribution in [1.29, 1.82) is 0 Å². The molecule has 4 heteroatoms. The molecule has 1 aromatic carbocycles. The van der Waals surface area contributed by atoms with Gasteiger partial charge in [0.1, 0.15) is 5.75 Å². The highest BCUT2D eigenvalue weighted by Crippen LogP contribution is 2.23. The number of benzene rings is 1. The molecule has 0 amide bonds. The molecule has 106 valence electrons. The standard InChI is InChI=1S/C15H23NO3/c1-3-19-14-6-4-13(5-7-14)15(17)12(2)16-8-10-18-11-9-16/h4-7,12,15,17H,3,8-11H2,1-2H3/t12-,15+/m0/s1. The number of morpholine rings is 1. The lowest BCUT2D eigenvalue weighted by Gasteiger charge is -2.35. The van der Waals surface area contributed by atoms with Crippen LogP contribution >= 0.6 is 0 Å². The minimum atomic E-state index is -0.478. The SMILES string of the molecule is CCOc1ccc([C@H](O)[C@H](C)N2CCOCC2)cc1. The predicted octanol–water partition coefficient (Wildman–Crippen LogP) is 1.84. The number of nitrogens with zero attached hydrogens (tertiary/aromatic N) is 1. The van der Waals surface area contributed by atoms with Crippen molar-refractivity contribution < 1.29 is 14.6 Å². The Balaban J connectivity index is 1.99. The normalized spacial score (nSPS) is 19.9. The molecular weight excluding hydrogens is 242 g/mol. The van der Waals surface area contributed by atoms with Crippen molar-refractivity contribution in [2.24, 2.45) is 0 Å². The zero-order valence-electron chi connectivity index (χ0n) is 11.7. The van der Waals surface area contributed by atoms with E-state index in [2.05, 4.69) is 11.8 Å². The van der Waals surface area contributed by atoms with Crippen LogP contribution in [0, 0.1) is 0 Å². The summed E-state index contributed by atoms with van der Waals surface area (Å²) in [4.78, 5) is 2.27. The summed E-state index contributed by atoms with van der Waals surface area (Å²) in [5.41, 5.74) is 0.933. The molecule has 2 atom stereocenters. The number of ether oxygens (including phenoxy) is 2. The monoisotopic (exact) mass is 265 g/mol. The van der Waals surface area contributed by atoms with Crippen molar-refractivity contribution in [1.82, 2.24) is 4.90 Å². The van der Waals surface area contributed by atoms with Crippen LogP contribution in [-0.2, 0) is 4.74 Å². The lowest BCUT2D eigenvalue weighted by molar-refractivity contribution is -0.0166. The van der Waals surface area contributed by atoms with Crippen LogP contribution in [0.25, 0.3) is 0 Å². The van der Waals surface area contributed by atoms with Gasteiger partial charge in [-0.15, -0.1) is 0 Å². The van der Waals surface area contributed by atoms with E-state index in [1.807, 2.05) is 31.2 Å². The topological polar surface area (TPSA) is 41.9 Å². The molecular formula is C15H23NO3. The van der Waals surface area contributed by atoms with Crippen LogP contribution in [0.1, 0.15) is 25.5 Å². The highest BCUT2D eigenvalue weighted by molar-refractivity contribution is 5.29. The predicted molar refractivity (Wildman–Crippen MR) is 74.4 cm³/mol. The molecule has 0 unspecified atom stereocenters. The van der Waals surface area contributed by atoms with Gasteiger partial charge in [0.2, 0.25) is 0 Å². The number of aliphatic hydroxyl groups excluding tert-OH is 1. The van der Waals surface area contributed by atoms with Crippen molar-refractivity contribution >= 4 is 0 Å². The zero-order valence-corrected chi connectivity index (χ0v) is 11.7. The maximum absolute atomic E-state index is 10.4. The van der Waals surface area contributed by atoms with Crippen molar-refractivity contribution in [2.75, 3.05) is 32.9 Å². The fraction of sp³-hybridized carbons (Fsp3) is 0.600. The van der Waals surface area contributed by atoms with E-state index in [9.17, 15) is 5.11 Å². The third-order valence-electron chi connectivity index (χ3n) is 3.61. The van der Waals surface area contributed by atoms with Crippen molar-refractivity contribution in [2.45, 2.75) is 26.0 Å². The minimum Gasteiger partial charge on any atom is -0.494 e. The molecule has 1 aliphatic rings. The van der Waals surface area contributed by atoms with E-state index >= 15 is 0 Å². The Hall–Kier alpha value is -1.10. The van der Waals surface area contributed by atoms with E-state index in [1.54, 1.807) is 0 Å². The van der Waals surface area contributed by atoms with Crippen molar-refractivity contribution in [3.63, 3.8) is 0 Å². The zero-order chi connectivity index (χ0) is 13.7. The molecule has 0 aliphatic carbocycles. The first-order valence-electron chi connectivity index (χ1n) is 6.95. The molecule has 0 aromatic heterocycles. The van der Waals surface area contributed by atoms with Gasteiger partial charge >= 0.3 is 0 Å². The molecule has 1 fully saturated rings. The van der Waals surface area contributed by atoms with Gasteiger partial charge in [-0.05, 0) is 31.5 Å². The second-order valence-corrected chi connectivity index (χ2v) is 4.84. The number of rotatable bonds is 5. The number of aliphatic hydroxyl groups is 1. The smallest absolute Gasteiger partial charge is 0.119 e. The Kier molecular flexibility index (Phi) is 5.19. The number of hydrogen-bond donors (Lipinski definition) is 1. The second-order valence-electron chi connectivity index (χ2n) is 4.84. The average Bonchev–Trinajstić information content (AvgIpc) is 2.48. The van der Waals surface area contributed by atoms with Crippen LogP contribution in [0.5, 0.6) is 5.75 Å². The first kappa shape index (κ1) is 14.3. The third-order valence-corrected chi connectivity index (χ3v) is 3.61. The van der Waals surface area contributed by atoms with Crippen LogP contribution in [-0.4, -0.2) is 49.0 Å². The molecule has 0 radical (unpaired) electrons. The van der Waals surface area contributed by atoms with Gasteiger partial charge in [-0.3, -0.25) is 4.90 Å². The largest absolute Gasteiger partial charge is 0.494 e. The van der Waals surface area contributed by atoms with Gasteiger partial charge in [0, 0.05) is 19.1 Å². The molecule has 2 rings (SSSR count). The molecule has 1 aliphatic heterocycles. The van der Waals surface area contributed by atoms with Gasteiger partial charge in [-0.25, -0.2) is 0 Å². The first-order valence-corrected chi connectivity index (χ1v) is 6.95. The van der Waals surface area contributed by atoms with E-state index in [-0.39, 0.29) is 6.04 Å². The summed E-state index contributed by atoms with van der Waals surface area (Å²) >= 11 is 0. The fourth-order valence-electron chi connectivity index (χ4n) is 2.39. The quantitative estimate of drug-likeness (QED) is 0.882. The Morgan fingerprint density at radius 1 is 1.26 bits per heavy atom. The van der Waals surface area contributed by atoms with E-state index in [4.69, 9.17) is 9.47 Å². The minimum absolute atomic E-state index is 0.0989. The highest BCUT2D eigenvalue weighted by atomic mass is 16.5. The lowest BCUT2D eigenvalue weighted by Crippen LogP contribution is -2.44. The van der Waals surface area contributed by atoms with Crippen LogP contribution in [0.4, 0.5) is 0 Å². The number of hydrogen-bond acceptors (Lipinski definition) is 4. The van der Waals surface area contributed by atoms with E-state index in [0.29, 0.717) is 6.61 Å². The summed E-state index contributed by atoms with van der Waals surface area (Å²) in [5, 5.41) is 10.4. The summed E-state index contributed by atoms with van der Waals surface area (Å²) in [6, 6.07) is 7.79. The lowest BCUT2D eigenvalue weighted by atomic mass is 10.0. The Labute approximate surface area is 114 Å². The molecule has 0 spiro atoms. The van der Waals surface area contributed by atoms with Crippen LogP contribution in [0.15, 0.2) is 24.3 Å². The van der Waals surface area contributed by atoms with Crippen LogP contribution in [0.3, 0.4) is 0 Å². The molecule has 1 saturated heterocycles. The summed E-state index contributed by atoms with van der Waals surface area (Å²) in [5.74, 6) is 0.845. The van der Waals surface area contributed by atoms with Gasteiger partial charge in [-0.1, -0.05) is 12.1 Å². The maximum Gasteiger partial charge on any atom is 0.119 e. The van der Waals surface area contributed by atoms with E-state index < -0.39 is 6.10 Å². The Morgan fingerprint density at radius 2 is 1.89 bits per heavy atom. The summed E-state index contributed by atoms with van der Waals surface area (Å²) < 4.78 is 10.7. The van der Waals surface area contributed by atoms with Crippen molar-refractivity contribution in [3.05, 3.63) is 29.8 Å². The van der Waals surface area contributed by atoms with E-state index in [1.165, 1.54) is 0 Å². The average molecular weight is 265 g/mol. The van der Waals surface area contributed by atoms with Gasteiger partial charge in [0.05, 0.1) is 25.9 Å². The molecule has 0 bridgehead atoms. The first-order chi connectivity index (χ1) is 9.22. The second kappa shape index (κ2) is 6.89. The summed E-state index contributed by atoms with van der Waals surface area (Å²) in [6.07, 6.45) is -0.478. The Morgan fingerprint density at radius 3 is 2.47 bits per heavy atom. The maximum atomic E-state index is 10.4. The summed E-state index contributed by atoms with van der Waals surface area (Å²) in [7, 11) is 0. The van der Waals surface area contributed by atoms with Gasteiger partial charge in [0.25, 0.3) is 0 Å². The van der Waals surface area contributed by atoms with Gasteiger partial charge < -0.3 is 14.6 Å². The fourth-order valence-corrected chi connectivity index (χ4v) is 2.39. The van der Waals surface area contributed by atoms with Gasteiger partial charge in [-0.2, -0.15) is 0 Å². The molecule has 1 N–H and O–H groups in total. The molecule has 19 heavy (non-hydrogen) atoms. The molecule has 1 heterocycles. The Bertz CT molecular complexity index is 373. The van der Waals surface area contributed by atoms with Crippen LogP contribution < -0.4 is 4.74 Å². The molecule has 4 nitrogen and oxygen atoms in total. The third kappa shape index (κ3) is 3.69. The highest BCUT2D eigenvalue weighted by Gasteiger charge is 2.24. The summed E-state index contributed by atoms with van der Waals surface area (Å²) in [6.45, 7) is 7.95. The molecule has 0 saturated carbocycles. The molecule has 1 aromatic rings. The van der Waals surface area contributed by atoms with Crippen molar-refractivity contribution in [3.8, 4) is 5.75 Å². The van der Waals surface area contributed by atoms with Gasteiger partial charge in [0.15, 0.2) is 0 Å². The van der Waals surface area contributed by atoms with Crippen LogP contribution in [0.2, 0.25) is 0 Å².